The van der Waals surface area contributed by atoms with Crippen molar-refractivity contribution in [2.75, 3.05) is 50.2 Å². The number of hydrogen-bond acceptors (Lipinski definition) is 4. The maximum absolute atomic E-state index is 5.86. The molecule has 0 atom stereocenters. The molecule has 4 heteroatoms. The highest BCUT2D eigenvalue weighted by Gasteiger charge is 2.07. The van der Waals surface area contributed by atoms with Crippen molar-refractivity contribution in [3.05, 3.63) is 23.8 Å². The Balaban J connectivity index is 2.66. The lowest BCUT2D eigenvalue weighted by molar-refractivity contribution is 0.141. The van der Waals surface area contributed by atoms with Gasteiger partial charge in [-0.2, -0.15) is 0 Å². The summed E-state index contributed by atoms with van der Waals surface area (Å²) in [6, 6.07) is 6.13. The number of nitrogens with zero attached hydrogens (tertiary/aromatic N) is 1. The van der Waals surface area contributed by atoms with Crippen molar-refractivity contribution in [1.29, 1.82) is 0 Å². The van der Waals surface area contributed by atoms with Crippen molar-refractivity contribution in [3.8, 4) is 0 Å². The summed E-state index contributed by atoms with van der Waals surface area (Å²) in [5.74, 6) is 0. The summed E-state index contributed by atoms with van der Waals surface area (Å²) in [6.45, 7) is 10.7. The summed E-state index contributed by atoms with van der Waals surface area (Å²) in [4.78, 5) is 2.28. The SMILES string of the molecule is CCOCCN(CCOCC)c1ccc(N)c(C)c1. The number of nitrogens with two attached hydrogens (primary N) is 1. The lowest BCUT2D eigenvalue weighted by Gasteiger charge is -2.25. The summed E-state index contributed by atoms with van der Waals surface area (Å²) in [7, 11) is 0. The predicted molar refractivity (Wildman–Crippen MR) is 80.8 cm³/mol. The van der Waals surface area contributed by atoms with Gasteiger partial charge in [-0.15, -0.1) is 0 Å². The Morgan fingerprint density at radius 1 is 1.05 bits per heavy atom. The van der Waals surface area contributed by atoms with Crippen LogP contribution < -0.4 is 10.6 Å². The Kier molecular flexibility index (Phi) is 7.30. The van der Waals surface area contributed by atoms with Crippen LogP contribution in [0.15, 0.2) is 18.2 Å². The molecule has 0 radical (unpaired) electrons. The third-order valence-electron chi connectivity index (χ3n) is 3.04. The van der Waals surface area contributed by atoms with E-state index < -0.39 is 0 Å². The second-order valence-corrected chi connectivity index (χ2v) is 4.42. The highest BCUT2D eigenvalue weighted by Crippen LogP contribution is 2.20. The lowest BCUT2D eigenvalue weighted by Crippen LogP contribution is -2.31. The van der Waals surface area contributed by atoms with E-state index in [1.54, 1.807) is 0 Å². The van der Waals surface area contributed by atoms with E-state index in [4.69, 9.17) is 15.2 Å². The Morgan fingerprint density at radius 2 is 1.63 bits per heavy atom. The van der Waals surface area contributed by atoms with Gasteiger partial charge >= 0.3 is 0 Å². The van der Waals surface area contributed by atoms with E-state index >= 15 is 0 Å². The molecule has 0 bridgehead atoms. The number of aryl methyl sites for hydroxylation is 1. The fraction of sp³-hybridized carbons (Fsp3) is 0.600. The predicted octanol–water partition coefficient (Wildman–Crippen LogP) is 2.46. The molecule has 0 aromatic heterocycles. The van der Waals surface area contributed by atoms with E-state index in [1.165, 1.54) is 5.69 Å². The zero-order valence-corrected chi connectivity index (χ0v) is 12.3. The van der Waals surface area contributed by atoms with Crippen molar-refractivity contribution in [2.45, 2.75) is 20.8 Å². The van der Waals surface area contributed by atoms with E-state index in [0.29, 0.717) is 0 Å². The van der Waals surface area contributed by atoms with E-state index in [0.717, 1.165) is 50.8 Å². The van der Waals surface area contributed by atoms with Crippen LogP contribution in [0.3, 0.4) is 0 Å². The largest absolute Gasteiger partial charge is 0.399 e. The number of benzene rings is 1. The highest BCUT2D eigenvalue weighted by molar-refractivity contribution is 5.58. The molecule has 108 valence electrons. The Morgan fingerprint density at radius 3 is 2.11 bits per heavy atom. The van der Waals surface area contributed by atoms with E-state index in [1.807, 2.05) is 26.8 Å². The number of anilines is 2. The minimum Gasteiger partial charge on any atom is -0.399 e. The standard InChI is InChI=1S/C15H26N2O2/c1-4-18-10-8-17(9-11-19-5-2)14-6-7-15(16)13(3)12-14/h6-7,12H,4-5,8-11,16H2,1-3H3. The molecule has 0 spiro atoms. The van der Waals surface area contributed by atoms with Gasteiger partial charge in [0.15, 0.2) is 0 Å². The minimum absolute atomic E-state index is 0.728. The molecule has 0 saturated carbocycles. The molecule has 1 aromatic rings. The number of ether oxygens (including phenoxy) is 2. The van der Waals surface area contributed by atoms with Crippen LogP contribution in [0.5, 0.6) is 0 Å². The molecule has 1 aromatic carbocycles. The van der Waals surface area contributed by atoms with Crippen LogP contribution in [0.25, 0.3) is 0 Å². The van der Waals surface area contributed by atoms with Crippen LogP contribution in [-0.4, -0.2) is 39.5 Å². The van der Waals surface area contributed by atoms with E-state index in [9.17, 15) is 0 Å². The Bertz CT molecular complexity index is 359. The Hall–Kier alpha value is -1.26. The molecular weight excluding hydrogens is 240 g/mol. The summed E-state index contributed by atoms with van der Waals surface area (Å²) in [5.41, 5.74) is 8.98. The second-order valence-electron chi connectivity index (χ2n) is 4.42. The van der Waals surface area contributed by atoms with Crippen molar-refractivity contribution in [3.63, 3.8) is 0 Å². The number of nitrogen functional groups attached to an aromatic ring is 1. The molecule has 0 aliphatic rings. The van der Waals surface area contributed by atoms with Crippen molar-refractivity contribution < 1.29 is 9.47 Å². The summed E-state index contributed by atoms with van der Waals surface area (Å²) < 4.78 is 10.9. The summed E-state index contributed by atoms with van der Waals surface area (Å²) >= 11 is 0. The molecule has 0 amide bonds. The summed E-state index contributed by atoms with van der Waals surface area (Å²) in [5, 5.41) is 0. The van der Waals surface area contributed by atoms with E-state index in [-0.39, 0.29) is 0 Å². The normalized spacial score (nSPS) is 10.7. The lowest BCUT2D eigenvalue weighted by atomic mass is 10.1. The minimum atomic E-state index is 0.728. The van der Waals surface area contributed by atoms with Crippen LogP contribution in [0.2, 0.25) is 0 Å². The summed E-state index contributed by atoms with van der Waals surface area (Å²) in [6.07, 6.45) is 0. The van der Waals surface area contributed by atoms with Gasteiger partial charge in [-0.1, -0.05) is 0 Å². The highest BCUT2D eigenvalue weighted by atomic mass is 16.5. The van der Waals surface area contributed by atoms with Crippen molar-refractivity contribution in [2.24, 2.45) is 0 Å². The van der Waals surface area contributed by atoms with Crippen LogP contribution in [0, 0.1) is 6.92 Å². The van der Waals surface area contributed by atoms with Crippen LogP contribution in [0.4, 0.5) is 11.4 Å². The molecule has 0 aliphatic carbocycles. The topological polar surface area (TPSA) is 47.7 Å². The van der Waals surface area contributed by atoms with Gasteiger partial charge in [-0.25, -0.2) is 0 Å². The van der Waals surface area contributed by atoms with Crippen LogP contribution in [-0.2, 0) is 9.47 Å². The molecule has 2 N–H and O–H groups in total. The monoisotopic (exact) mass is 266 g/mol. The molecule has 0 unspecified atom stereocenters. The van der Waals surface area contributed by atoms with Crippen LogP contribution >= 0.6 is 0 Å². The molecular formula is C15H26N2O2. The fourth-order valence-electron chi connectivity index (χ4n) is 1.86. The molecule has 0 saturated heterocycles. The zero-order chi connectivity index (χ0) is 14.1. The van der Waals surface area contributed by atoms with Gasteiger partial charge in [0, 0.05) is 37.7 Å². The molecule has 0 fully saturated rings. The van der Waals surface area contributed by atoms with Gasteiger partial charge < -0.3 is 20.1 Å². The van der Waals surface area contributed by atoms with Gasteiger partial charge in [0.25, 0.3) is 0 Å². The molecule has 19 heavy (non-hydrogen) atoms. The van der Waals surface area contributed by atoms with Gasteiger partial charge in [0.1, 0.15) is 0 Å². The first-order valence-corrected chi connectivity index (χ1v) is 6.95. The third-order valence-corrected chi connectivity index (χ3v) is 3.04. The van der Waals surface area contributed by atoms with Gasteiger partial charge in [0.05, 0.1) is 13.2 Å². The van der Waals surface area contributed by atoms with E-state index in [2.05, 4.69) is 17.0 Å². The average molecular weight is 266 g/mol. The molecule has 4 nitrogen and oxygen atoms in total. The average Bonchev–Trinajstić information content (AvgIpc) is 2.41. The smallest absolute Gasteiger partial charge is 0.0641 e. The quantitative estimate of drug-likeness (QED) is 0.551. The number of rotatable bonds is 9. The third kappa shape index (κ3) is 5.49. The van der Waals surface area contributed by atoms with Crippen LogP contribution in [0.1, 0.15) is 19.4 Å². The molecule has 1 rings (SSSR count). The van der Waals surface area contributed by atoms with Gasteiger partial charge in [-0.3, -0.25) is 0 Å². The van der Waals surface area contributed by atoms with Gasteiger partial charge in [0.2, 0.25) is 0 Å². The Labute approximate surface area is 116 Å². The van der Waals surface area contributed by atoms with Gasteiger partial charge in [-0.05, 0) is 44.5 Å². The molecule has 0 aliphatic heterocycles. The maximum atomic E-state index is 5.86. The first kappa shape index (κ1) is 15.8. The second kappa shape index (κ2) is 8.77. The molecule has 0 heterocycles. The van der Waals surface area contributed by atoms with Crippen molar-refractivity contribution >= 4 is 11.4 Å². The maximum Gasteiger partial charge on any atom is 0.0641 e. The van der Waals surface area contributed by atoms with Crippen molar-refractivity contribution in [1.82, 2.24) is 0 Å². The first-order valence-electron chi connectivity index (χ1n) is 6.95. The fourth-order valence-corrected chi connectivity index (χ4v) is 1.86. The first-order chi connectivity index (χ1) is 9.19. The number of hydrogen-bond donors (Lipinski definition) is 1. The zero-order valence-electron chi connectivity index (χ0n) is 12.3.